The number of halogens is 4. The summed E-state index contributed by atoms with van der Waals surface area (Å²) in [6, 6.07) is 1.99. The van der Waals surface area contributed by atoms with Crippen LogP contribution in [-0.4, -0.2) is 51.4 Å². The molecule has 1 saturated heterocycles. The Labute approximate surface area is 132 Å². The Balaban J connectivity index is 1.89. The van der Waals surface area contributed by atoms with E-state index in [1.807, 2.05) is 0 Å². The zero-order valence-corrected chi connectivity index (χ0v) is 12.5. The van der Waals surface area contributed by atoms with Gasteiger partial charge in [0.05, 0.1) is 22.9 Å². The van der Waals surface area contributed by atoms with E-state index < -0.39 is 35.8 Å². The minimum absolute atomic E-state index is 0.0113. The number of nitrogens with zero attached hydrogens (tertiary/aromatic N) is 2. The first-order valence-electron chi connectivity index (χ1n) is 6.48. The van der Waals surface area contributed by atoms with Crippen LogP contribution < -0.4 is 0 Å². The van der Waals surface area contributed by atoms with Crippen molar-refractivity contribution < 1.29 is 32.3 Å². The number of hydrogen-bond donors (Lipinski definition) is 1. The van der Waals surface area contributed by atoms with Gasteiger partial charge in [0, 0.05) is 19.2 Å². The van der Waals surface area contributed by atoms with E-state index in [0.29, 0.717) is 6.20 Å². The molecule has 1 aliphatic rings. The van der Waals surface area contributed by atoms with E-state index in [-0.39, 0.29) is 23.7 Å². The molecule has 0 radical (unpaired) electrons. The number of hydrogen-bond acceptors (Lipinski definition) is 4. The Morgan fingerprint density at radius 2 is 2.09 bits per heavy atom. The molecule has 0 spiro atoms. The average molecular weight is 352 g/mol. The van der Waals surface area contributed by atoms with Gasteiger partial charge in [-0.25, -0.2) is 14.2 Å². The van der Waals surface area contributed by atoms with Gasteiger partial charge in [0.15, 0.2) is 0 Å². The van der Waals surface area contributed by atoms with Crippen LogP contribution >= 0.6 is 11.8 Å². The van der Waals surface area contributed by atoms with E-state index in [0.717, 1.165) is 28.8 Å². The molecule has 10 heteroatoms. The maximum absolute atomic E-state index is 13.8. The van der Waals surface area contributed by atoms with E-state index in [1.54, 1.807) is 0 Å². The van der Waals surface area contributed by atoms with Crippen molar-refractivity contribution in [1.29, 1.82) is 0 Å². The summed E-state index contributed by atoms with van der Waals surface area (Å²) < 4.78 is 51.0. The summed E-state index contributed by atoms with van der Waals surface area (Å²) in [6.45, 7) is -0.537. The number of likely N-dealkylation sites (tertiary alicyclic amines) is 1. The monoisotopic (exact) mass is 352 g/mol. The van der Waals surface area contributed by atoms with Crippen LogP contribution in [0.3, 0.4) is 0 Å². The molecule has 2 rings (SSSR count). The quantitative estimate of drug-likeness (QED) is 0.665. The number of alkyl halides is 4. The third-order valence-corrected chi connectivity index (χ3v) is 4.29. The molecule has 1 aliphatic heterocycles. The molecule has 1 atom stereocenters. The summed E-state index contributed by atoms with van der Waals surface area (Å²) in [4.78, 5) is 27.3. The predicted molar refractivity (Wildman–Crippen MR) is 72.6 cm³/mol. The number of carbonyl (C=O) groups excluding carboxylic acids is 1. The van der Waals surface area contributed by atoms with Crippen LogP contribution in [-0.2, 0) is 15.8 Å². The number of thioether (sulfide) groups is 1. The van der Waals surface area contributed by atoms with Crippen molar-refractivity contribution in [2.45, 2.75) is 23.3 Å². The summed E-state index contributed by atoms with van der Waals surface area (Å²) in [5, 5.41) is 8.97. The summed E-state index contributed by atoms with van der Waals surface area (Å²) in [7, 11) is 0. The molecule has 1 unspecified atom stereocenters. The third-order valence-electron chi connectivity index (χ3n) is 3.36. The first-order chi connectivity index (χ1) is 10.6. The highest BCUT2D eigenvalue weighted by Crippen LogP contribution is 2.30. The molecule has 1 N–H and O–H groups in total. The maximum atomic E-state index is 13.8. The molecule has 1 aromatic rings. The summed E-state index contributed by atoms with van der Waals surface area (Å²) in [5.74, 6) is -2.25. The summed E-state index contributed by atoms with van der Waals surface area (Å²) >= 11 is 0.904. The zero-order chi connectivity index (χ0) is 17.3. The van der Waals surface area contributed by atoms with Crippen LogP contribution in [0.4, 0.5) is 17.6 Å². The largest absolute Gasteiger partial charge is 0.479 e. The van der Waals surface area contributed by atoms with Crippen LogP contribution in [0.15, 0.2) is 23.4 Å². The second-order valence-corrected chi connectivity index (χ2v) is 6.00. The number of aromatic nitrogens is 1. The zero-order valence-electron chi connectivity index (χ0n) is 11.6. The fourth-order valence-corrected chi connectivity index (χ4v) is 2.77. The molecule has 0 aliphatic carbocycles. The topological polar surface area (TPSA) is 70.5 Å². The van der Waals surface area contributed by atoms with Crippen molar-refractivity contribution in [3.8, 4) is 0 Å². The molecule has 5 nitrogen and oxygen atoms in total. The Kier molecular flexibility index (Phi) is 4.83. The summed E-state index contributed by atoms with van der Waals surface area (Å²) in [6.07, 6.45) is -4.10. The predicted octanol–water partition coefficient (Wildman–Crippen LogP) is 2.22. The molecule has 0 saturated carbocycles. The number of pyridine rings is 1. The van der Waals surface area contributed by atoms with Crippen molar-refractivity contribution in [2.24, 2.45) is 0 Å². The number of rotatable bonds is 4. The molecule has 23 heavy (non-hydrogen) atoms. The van der Waals surface area contributed by atoms with Crippen molar-refractivity contribution >= 4 is 23.6 Å². The van der Waals surface area contributed by atoms with Gasteiger partial charge in [-0.05, 0) is 12.1 Å². The van der Waals surface area contributed by atoms with E-state index in [2.05, 4.69) is 4.98 Å². The fourth-order valence-electron chi connectivity index (χ4n) is 2.02. The number of aliphatic carboxylic acids is 1. The van der Waals surface area contributed by atoms with Gasteiger partial charge in [-0.2, -0.15) is 13.2 Å². The molecular formula is C13H12F4N2O3S. The van der Waals surface area contributed by atoms with Crippen LogP contribution in [0.1, 0.15) is 12.0 Å². The number of carboxylic acids is 1. The highest BCUT2D eigenvalue weighted by atomic mass is 32.2. The normalized spacial score (nSPS) is 21.5. The van der Waals surface area contributed by atoms with E-state index in [9.17, 15) is 27.2 Å². The minimum Gasteiger partial charge on any atom is -0.479 e. The van der Waals surface area contributed by atoms with Gasteiger partial charge in [0.25, 0.3) is 0 Å². The molecular weight excluding hydrogens is 340 g/mol. The molecule has 0 aromatic carbocycles. The first kappa shape index (κ1) is 17.5. The molecule has 0 bridgehead atoms. The van der Waals surface area contributed by atoms with Crippen LogP contribution in [0.25, 0.3) is 0 Å². The molecule has 126 valence electrons. The second-order valence-electron chi connectivity index (χ2n) is 5.01. The smallest absolute Gasteiger partial charge is 0.417 e. The number of carbonyl (C=O) groups is 2. The second kappa shape index (κ2) is 6.34. The van der Waals surface area contributed by atoms with Crippen LogP contribution in [0.5, 0.6) is 0 Å². The first-order valence-corrected chi connectivity index (χ1v) is 7.46. The maximum Gasteiger partial charge on any atom is 0.417 e. The SMILES string of the molecule is O=C(CSc1ccc(C(F)(F)F)cn1)N1CCC(F)(C(=O)O)C1. The summed E-state index contributed by atoms with van der Waals surface area (Å²) in [5.41, 5.74) is -3.33. The Hall–Kier alpha value is -1.84. The van der Waals surface area contributed by atoms with Gasteiger partial charge in [-0.15, -0.1) is 0 Å². The average Bonchev–Trinajstić information content (AvgIpc) is 2.88. The Morgan fingerprint density at radius 3 is 2.57 bits per heavy atom. The van der Waals surface area contributed by atoms with Gasteiger partial charge in [-0.1, -0.05) is 11.8 Å². The lowest BCUT2D eigenvalue weighted by atomic mass is 10.1. The van der Waals surface area contributed by atoms with Crippen molar-refractivity contribution in [3.63, 3.8) is 0 Å². The Bertz CT molecular complexity index is 608. The van der Waals surface area contributed by atoms with Gasteiger partial charge < -0.3 is 10.0 Å². The lowest BCUT2D eigenvalue weighted by Gasteiger charge is -2.17. The highest BCUT2D eigenvalue weighted by Gasteiger charge is 2.46. The van der Waals surface area contributed by atoms with Gasteiger partial charge >= 0.3 is 12.1 Å². The van der Waals surface area contributed by atoms with E-state index >= 15 is 0 Å². The lowest BCUT2D eigenvalue weighted by Crippen LogP contribution is -2.39. The number of carboxylic acid groups (broad SMARTS) is 1. The van der Waals surface area contributed by atoms with Crippen LogP contribution in [0.2, 0.25) is 0 Å². The minimum atomic E-state index is -4.48. The molecule has 2 heterocycles. The van der Waals surface area contributed by atoms with E-state index in [1.165, 1.54) is 0 Å². The van der Waals surface area contributed by atoms with Crippen LogP contribution in [0, 0.1) is 0 Å². The highest BCUT2D eigenvalue weighted by molar-refractivity contribution is 7.99. The van der Waals surface area contributed by atoms with Gasteiger partial charge in [-0.3, -0.25) is 4.79 Å². The fraction of sp³-hybridized carbons (Fsp3) is 0.462. The third kappa shape index (κ3) is 4.12. The van der Waals surface area contributed by atoms with Crippen molar-refractivity contribution in [3.05, 3.63) is 23.9 Å². The molecule has 1 aromatic heterocycles. The molecule has 1 fully saturated rings. The molecule has 1 amide bonds. The van der Waals surface area contributed by atoms with Crippen molar-refractivity contribution in [2.75, 3.05) is 18.8 Å². The van der Waals surface area contributed by atoms with E-state index in [4.69, 9.17) is 5.11 Å². The van der Waals surface area contributed by atoms with Crippen molar-refractivity contribution in [1.82, 2.24) is 9.88 Å². The lowest BCUT2D eigenvalue weighted by molar-refractivity contribution is -0.150. The number of amides is 1. The standard InChI is InChI=1S/C13H12F4N2O3S/c14-12(11(21)22)3-4-19(7-12)10(20)6-23-9-2-1-8(5-18-9)13(15,16)17/h1-2,5H,3-4,6-7H2,(H,21,22). The Morgan fingerprint density at radius 1 is 1.39 bits per heavy atom. The van der Waals surface area contributed by atoms with Gasteiger partial charge in [0.2, 0.25) is 11.6 Å². The van der Waals surface area contributed by atoms with Gasteiger partial charge in [0.1, 0.15) is 0 Å².